The lowest BCUT2D eigenvalue weighted by Crippen LogP contribution is -2.43. The number of methoxy groups -OCH3 is 1. The predicted octanol–water partition coefficient (Wildman–Crippen LogP) is 3.23. The van der Waals surface area contributed by atoms with Crippen LogP contribution in [0.5, 0.6) is 11.5 Å². The molecule has 0 fully saturated rings. The smallest absolute Gasteiger partial charge is 0.344 e. The van der Waals surface area contributed by atoms with Crippen LogP contribution in [0.4, 0.5) is 0 Å². The highest BCUT2D eigenvalue weighted by Gasteiger charge is 2.44. The number of hydrogen-bond donors (Lipinski definition) is 1. The molecule has 0 heterocycles. The van der Waals surface area contributed by atoms with E-state index < -0.39 is 16.8 Å². The van der Waals surface area contributed by atoms with E-state index in [2.05, 4.69) is 0 Å². The predicted molar refractivity (Wildman–Crippen MR) is 82.6 cm³/mol. The van der Waals surface area contributed by atoms with Crippen molar-refractivity contribution in [2.45, 2.75) is 18.2 Å². The van der Waals surface area contributed by atoms with Crippen molar-refractivity contribution < 1.29 is 24.2 Å². The second-order valence-electron chi connectivity index (χ2n) is 4.72. The molecule has 0 aliphatic rings. The summed E-state index contributed by atoms with van der Waals surface area (Å²) in [4.78, 5) is 21.0. The first kappa shape index (κ1) is 16.1. The van der Waals surface area contributed by atoms with E-state index >= 15 is 0 Å². The molecular formula is C16H15ClO5. The molecule has 0 amide bonds. The van der Waals surface area contributed by atoms with E-state index in [1.165, 1.54) is 6.92 Å². The van der Waals surface area contributed by atoms with Crippen LogP contribution in [-0.4, -0.2) is 29.0 Å². The zero-order valence-electron chi connectivity index (χ0n) is 12.1. The quantitative estimate of drug-likeness (QED) is 0.396. The number of esters is 1. The minimum Gasteiger partial charge on any atom is -0.497 e. The first-order valence-corrected chi connectivity index (χ1v) is 7.01. The number of carboxylic acids is 1. The van der Waals surface area contributed by atoms with Crippen LogP contribution in [0.15, 0.2) is 36.4 Å². The molecule has 5 nitrogen and oxygen atoms in total. The summed E-state index contributed by atoms with van der Waals surface area (Å²) >= 11 is 5.83. The van der Waals surface area contributed by atoms with Gasteiger partial charge >= 0.3 is 11.9 Å². The molecule has 0 aliphatic heterocycles. The van der Waals surface area contributed by atoms with Gasteiger partial charge in [-0.2, -0.15) is 0 Å². The van der Waals surface area contributed by atoms with E-state index in [1.54, 1.807) is 31.4 Å². The minimum atomic E-state index is -2.07. The molecule has 22 heavy (non-hydrogen) atoms. The standard InChI is InChI=1S/C16H15ClO5/c1-3-16(17,14(18)19)15(20)22-13-7-5-10-8-12(21-2)6-4-11(10)9-13/h4-9H,3H2,1-2H3,(H,18,19). The Labute approximate surface area is 132 Å². The molecular weight excluding hydrogens is 308 g/mol. The second-order valence-corrected chi connectivity index (χ2v) is 5.37. The highest BCUT2D eigenvalue weighted by atomic mass is 35.5. The van der Waals surface area contributed by atoms with Gasteiger partial charge in [0.2, 0.25) is 4.87 Å². The molecule has 0 saturated carbocycles. The summed E-state index contributed by atoms with van der Waals surface area (Å²) in [5, 5.41) is 10.8. The van der Waals surface area contributed by atoms with Gasteiger partial charge in [-0.15, -0.1) is 0 Å². The van der Waals surface area contributed by atoms with Gasteiger partial charge < -0.3 is 14.6 Å². The first-order chi connectivity index (χ1) is 10.4. The maximum Gasteiger partial charge on any atom is 0.344 e. The fourth-order valence-electron chi connectivity index (χ4n) is 1.96. The molecule has 0 saturated heterocycles. The molecule has 2 aromatic carbocycles. The number of rotatable bonds is 5. The Hall–Kier alpha value is -2.27. The Balaban J connectivity index is 2.28. The lowest BCUT2D eigenvalue weighted by atomic mass is 10.1. The van der Waals surface area contributed by atoms with Crippen LogP contribution < -0.4 is 9.47 Å². The Morgan fingerprint density at radius 1 is 1.14 bits per heavy atom. The maximum atomic E-state index is 12.0. The number of aliphatic carboxylic acids is 1. The molecule has 0 aromatic heterocycles. The number of alkyl halides is 1. The fourth-order valence-corrected chi connectivity index (χ4v) is 2.00. The molecule has 0 spiro atoms. The van der Waals surface area contributed by atoms with Gasteiger partial charge in [-0.25, -0.2) is 9.59 Å². The van der Waals surface area contributed by atoms with Crippen molar-refractivity contribution >= 4 is 34.3 Å². The Bertz CT molecular complexity index is 728. The molecule has 0 bridgehead atoms. The topological polar surface area (TPSA) is 72.8 Å². The Kier molecular flexibility index (Phi) is 4.56. The largest absolute Gasteiger partial charge is 0.497 e. The molecule has 1 atom stereocenters. The molecule has 1 N–H and O–H groups in total. The number of carbonyl (C=O) groups is 2. The van der Waals surface area contributed by atoms with Gasteiger partial charge in [0, 0.05) is 0 Å². The third-order valence-electron chi connectivity index (χ3n) is 3.38. The normalized spacial score (nSPS) is 13.4. The number of carbonyl (C=O) groups excluding carboxylic acids is 1. The van der Waals surface area contributed by atoms with Crippen LogP contribution in [-0.2, 0) is 9.59 Å². The number of fused-ring (bicyclic) bond motifs is 1. The number of benzene rings is 2. The van der Waals surface area contributed by atoms with E-state index in [1.807, 2.05) is 12.1 Å². The highest BCUT2D eigenvalue weighted by molar-refractivity contribution is 6.44. The van der Waals surface area contributed by atoms with Crippen LogP contribution in [0.1, 0.15) is 13.3 Å². The van der Waals surface area contributed by atoms with Crippen LogP contribution >= 0.6 is 11.6 Å². The van der Waals surface area contributed by atoms with Crippen molar-refractivity contribution in [2.75, 3.05) is 7.11 Å². The van der Waals surface area contributed by atoms with Gasteiger partial charge in [0.1, 0.15) is 11.5 Å². The second kappa shape index (κ2) is 6.23. The van der Waals surface area contributed by atoms with Gasteiger partial charge in [-0.3, -0.25) is 0 Å². The summed E-state index contributed by atoms with van der Waals surface area (Å²) < 4.78 is 10.2. The maximum absolute atomic E-state index is 12.0. The van der Waals surface area contributed by atoms with Crippen LogP contribution in [0.2, 0.25) is 0 Å². The van der Waals surface area contributed by atoms with Gasteiger partial charge in [0.05, 0.1) is 7.11 Å². The average Bonchev–Trinajstić information content (AvgIpc) is 2.53. The van der Waals surface area contributed by atoms with E-state index in [0.29, 0.717) is 5.75 Å². The van der Waals surface area contributed by atoms with Gasteiger partial charge in [-0.1, -0.05) is 30.7 Å². The Morgan fingerprint density at radius 3 is 2.18 bits per heavy atom. The van der Waals surface area contributed by atoms with E-state index in [4.69, 9.17) is 26.2 Å². The van der Waals surface area contributed by atoms with E-state index in [-0.39, 0.29) is 12.2 Å². The molecule has 2 aromatic rings. The Morgan fingerprint density at radius 2 is 1.68 bits per heavy atom. The molecule has 0 radical (unpaired) electrons. The SMILES string of the molecule is CCC(Cl)(C(=O)O)C(=O)Oc1ccc2cc(OC)ccc2c1. The van der Waals surface area contributed by atoms with Gasteiger partial charge in [0.15, 0.2) is 0 Å². The number of ether oxygens (including phenoxy) is 2. The van der Waals surface area contributed by atoms with Crippen molar-refractivity contribution in [3.05, 3.63) is 36.4 Å². The summed E-state index contributed by atoms with van der Waals surface area (Å²) in [5.74, 6) is -1.47. The number of halogens is 1. The molecule has 6 heteroatoms. The third kappa shape index (κ3) is 2.99. The third-order valence-corrected chi connectivity index (χ3v) is 3.96. The van der Waals surface area contributed by atoms with Crippen LogP contribution in [0.3, 0.4) is 0 Å². The number of carboxylic acid groups (broad SMARTS) is 1. The van der Waals surface area contributed by atoms with E-state index in [9.17, 15) is 9.59 Å². The van der Waals surface area contributed by atoms with Crippen molar-refractivity contribution in [3.63, 3.8) is 0 Å². The zero-order chi connectivity index (χ0) is 16.3. The van der Waals surface area contributed by atoms with Gasteiger partial charge in [-0.05, 0) is 41.5 Å². The minimum absolute atomic E-state index is 0.0759. The van der Waals surface area contributed by atoms with E-state index in [0.717, 1.165) is 10.8 Å². The lowest BCUT2D eigenvalue weighted by molar-refractivity contribution is -0.150. The van der Waals surface area contributed by atoms with Crippen molar-refractivity contribution in [2.24, 2.45) is 0 Å². The molecule has 1 unspecified atom stereocenters. The summed E-state index contributed by atoms with van der Waals surface area (Å²) in [6, 6.07) is 10.4. The molecule has 0 aliphatic carbocycles. The molecule has 2 rings (SSSR count). The first-order valence-electron chi connectivity index (χ1n) is 6.63. The zero-order valence-corrected chi connectivity index (χ0v) is 12.9. The van der Waals surface area contributed by atoms with Crippen molar-refractivity contribution in [3.8, 4) is 11.5 Å². The lowest BCUT2D eigenvalue weighted by Gasteiger charge is -2.18. The number of hydrogen-bond acceptors (Lipinski definition) is 4. The summed E-state index contributed by atoms with van der Waals surface area (Å²) in [6.07, 6.45) is -0.0759. The summed E-state index contributed by atoms with van der Waals surface area (Å²) in [6.45, 7) is 1.51. The van der Waals surface area contributed by atoms with Gasteiger partial charge in [0.25, 0.3) is 0 Å². The average molecular weight is 323 g/mol. The fraction of sp³-hybridized carbons (Fsp3) is 0.250. The summed E-state index contributed by atoms with van der Waals surface area (Å²) in [5.41, 5.74) is 0. The molecule has 116 valence electrons. The highest BCUT2D eigenvalue weighted by Crippen LogP contribution is 2.27. The summed E-state index contributed by atoms with van der Waals surface area (Å²) in [7, 11) is 1.58. The van der Waals surface area contributed by atoms with Crippen molar-refractivity contribution in [1.82, 2.24) is 0 Å². The van der Waals surface area contributed by atoms with Crippen molar-refractivity contribution in [1.29, 1.82) is 0 Å². The van der Waals surface area contributed by atoms with Crippen LogP contribution in [0, 0.1) is 0 Å². The van der Waals surface area contributed by atoms with Crippen LogP contribution in [0.25, 0.3) is 10.8 Å². The monoisotopic (exact) mass is 322 g/mol.